The van der Waals surface area contributed by atoms with Crippen LogP contribution in [-0.2, 0) is 14.4 Å². The maximum absolute atomic E-state index is 11.4. The summed E-state index contributed by atoms with van der Waals surface area (Å²) in [4.78, 5) is 33.1. The van der Waals surface area contributed by atoms with Gasteiger partial charge >= 0.3 is 0 Å². The van der Waals surface area contributed by atoms with Crippen molar-refractivity contribution in [2.24, 2.45) is 16.5 Å². The van der Waals surface area contributed by atoms with Gasteiger partial charge < -0.3 is 21.7 Å². The van der Waals surface area contributed by atoms with Gasteiger partial charge in [0, 0.05) is 20.1 Å². The number of rotatable bonds is 3. The van der Waals surface area contributed by atoms with Gasteiger partial charge in [0.25, 0.3) is 17.8 Å². The zero-order valence-electron chi connectivity index (χ0n) is 13.4. The van der Waals surface area contributed by atoms with Gasteiger partial charge in [-0.3, -0.25) is 14.4 Å². The van der Waals surface area contributed by atoms with Gasteiger partial charge in [0.2, 0.25) is 0 Å². The lowest BCUT2D eigenvalue weighted by Gasteiger charge is -2.16. The van der Waals surface area contributed by atoms with Crippen LogP contribution in [0.5, 0.6) is 0 Å². The first-order chi connectivity index (χ1) is 10.5. The van der Waals surface area contributed by atoms with Crippen LogP contribution in [0.3, 0.4) is 0 Å². The van der Waals surface area contributed by atoms with Crippen LogP contribution < -0.4 is 11.5 Å². The Bertz CT molecular complexity index is 507. The highest BCUT2D eigenvalue weighted by molar-refractivity contribution is 5.96. The van der Waals surface area contributed by atoms with E-state index in [4.69, 9.17) is 31.3 Å². The molecule has 0 aliphatic heterocycles. The minimum absolute atomic E-state index is 0.359. The predicted octanol–water partition coefficient (Wildman–Crippen LogP) is 0.838. The number of hydrogen-bond acceptors (Lipinski definition) is 5. The molecular weight excluding hydrogens is 302 g/mol. The summed E-state index contributed by atoms with van der Waals surface area (Å²) in [5.41, 5.74) is 10.6. The highest BCUT2D eigenvalue weighted by Crippen LogP contribution is 2.01. The Kier molecular flexibility index (Phi) is 11.9. The third-order valence-electron chi connectivity index (χ3n) is 2.11. The van der Waals surface area contributed by atoms with E-state index in [0.717, 1.165) is 19.4 Å². The molecule has 0 unspecified atom stereocenters. The van der Waals surface area contributed by atoms with Crippen molar-refractivity contribution >= 4 is 24.1 Å². The SMILES string of the molecule is CC(=O)O.CC(=O)O.CCC(N)(N)C(=O)N=Cc1ccccc1. The summed E-state index contributed by atoms with van der Waals surface area (Å²) in [7, 11) is 0. The molecule has 0 radical (unpaired) electrons. The van der Waals surface area contributed by atoms with Crippen LogP contribution >= 0.6 is 0 Å². The molecule has 1 aromatic carbocycles. The standard InChI is InChI=1S/C11H15N3O.2C2H4O2/c1-2-11(12,13)10(15)14-8-9-6-4-3-5-7-9;2*1-2(3)4/h3-8H,2,12-13H2,1H3;2*1H3,(H,3,4). The van der Waals surface area contributed by atoms with Crippen molar-refractivity contribution in [3.63, 3.8) is 0 Å². The summed E-state index contributed by atoms with van der Waals surface area (Å²) in [6.45, 7) is 3.91. The van der Waals surface area contributed by atoms with Crippen molar-refractivity contribution in [1.29, 1.82) is 0 Å². The second-order valence-electron chi connectivity index (χ2n) is 4.41. The highest BCUT2D eigenvalue weighted by Gasteiger charge is 2.25. The zero-order valence-corrected chi connectivity index (χ0v) is 13.4. The summed E-state index contributed by atoms with van der Waals surface area (Å²) in [6.07, 6.45) is 1.82. The van der Waals surface area contributed by atoms with Crippen LogP contribution in [-0.4, -0.2) is 39.9 Å². The van der Waals surface area contributed by atoms with Gasteiger partial charge in [0.1, 0.15) is 5.66 Å². The molecular formula is C15H23N3O5. The number of nitrogens with two attached hydrogens (primary N) is 2. The fourth-order valence-corrected chi connectivity index (χ4v) is 0.944. The van der Waals surface area contributed by atoms with Crippen LogP contribution in [0, 0.1) is 0 Å². The normalized spacial score (nSPS) is 9.96. The van der Waals surface area contributed by atoms with Gasteiger partial charge in [0.15, 0.2) is 0 Å². The molecule has 128 valence electrons. The van der Waals surface area contributed by atoms with Crippen molar-refractivity contribution in [3.05, 3.63) is 35.9 Å². The van der Waals surface area contributed by atoms with E-state index in [1.807, 2.05) is 30.3 Å². The molecule has 0 aliphatic rings. The smallest absolute Gasteiger partial charge is 0.300 e. The third kappa shape index (κ3) is 15.6. The molecule has 0 fully saturated rings. The number of carbonyl (C=O) groups is 3. The Morgan fingerprint density at radius 2 is 1.48 bits per heavy atom. The van der Waals surface area contributed by atoms with Crippen molar-refractivity contribution in [3.8, 4) is 0 Å². The Morgan fingerprint density at radius 3 is 1.83 bits per heavy atom. The van der Waals surface area contributed by atoms with Crippen LogP contribution in [0.2, 0.25) is 0 Å². The van der Waals surface area contributed by atoms with Gasteiger partial charge in [-0.15, -0.1) is 0 Å². The van der Waals surface area contributed by atoms with Gasteiger partial charge in [-0.1, -0.05) is 37.3 Å². The second-order valence-corrected chi connectivity index (χ2v) is 4.41. The van der Waals surface area contributed by atoms with Gasteiger partial charge in [-0.25, -0.2) is 4.99 Å². The fraction of sp³-hybridized carbons (Fsp3) is 0.333. The lowest BCUT2D eigenvalue weighted by Crippen LogP contribution is -2.55. The van der Waals surface area contributed by atoms with E-state index in [9.17, 15) is 4.79 Å². The predicted molar refractivity (Wildman–Crippen MR) is 87.1 cm³/mol. The number of benzene rings is 1. The molecule has 0 heterocycles. The molecule has 0 aliphatic carbocycles. The maximum atomic E-state index is 11.4. The molecule has 6 N–H and O–H groups in total. The van der Waals surface area contributed by atoms with Crippen molar-refractivity contribution in [2.75, 3.05) is 0 Å². The Labute approximate surface area is 134 Å². The van der Waals surface area contributed by atoms with Crippen molar-refractivity contribution in [2.45, 2.75) is 32.9 Å². The topological polar surface area (TPSA) is 156 Å². The quantitative estimate of drug-likeness (QED) is 0.473. The number of aliphatic carboxylic acids is 2. The first kappa shape index (κ1) is 22.7. The molecule has 0 saturated carbocycles. The van der Waals surface area contributed by atoms with E-state index in [1.54, 1.807) is 6.92 Å². The first-order valence-corrected chi connectivity index (χ1v) is 6.63. The average molecular weight is 325 g/mol. The van der Waals surface area contributed by atoms with E-state index in [-0.39, 0.29) is 0 Å². The van der Waals surface area contributed by atoms with E-state index in [1.165, 1.54) is 6.21 Å². The monoisotopic (exact) mass is 325 g/mol. The number of carboxylic acids is 2. The number of carboxylic acid groups (broad SMARTS) is 2. The molecule has 0 bridgehead atoms. The summed E-state index contributed by atoms with van der Waals surface area (Å²) in [6, 6.07) is 9.31. The number of nitrogens with zero attached hydrogens (tertiary/aromatic N) is 1. The van der Waals surface area contributed by atoms with Crippen LogP contribution in [0.15, 0.2) is 35.3 Å². The number of aliphatic imine (C=N–C) groups is 1. The number of amides is 1. The van der Waals surface area contributed by atoms with Crippen LogP contribution in [0.4, 0.5) is 0 Å². The van der Waals surface area contributed by atoms with Crippen molar-refractivity contribution < 1.29 is 24.6 Å². The zero-order chi connectivity index (χ0) is 18.5. The molecule has 0 spiro atoms. The molecule has 0 aromatic heterocycles. The lowest BCUT2D eigenvalue weighted by atomic mass is 10.1. The minimum Gasteiger partial charge on any atom is -0.481 e. The Balaban J connectivity index is 0. The summed E-state index contributed by atoms with van der Waals surface area (Å²) in [5, 5.41) is 14.8. The minimum atomic E-state index is -1.36. The highest BCUT2D eigenvalue weighted by atomic mass is 16.4. The molecule has 8 nitrogen and oxygen atoms in total. The Morgan fingerprint density at radius 1 is 1.09 bits per heavy atom. The molecule has 23 heavy (non-hydrogen) atoms. The second kappa shape index (κ2) is 12.0. The van der Waals surface area contributed by atoms with Crippen LogP contribution in [0.1, 0.15) is 32.8 Å². The van der Waals surface area contributed by atoms with Crippen molar-refractivity contribution in [1.82, 2.24) is 0 Å². The maximum Gasteiger partial charge on any atom is 0.300 e. The van der Waals surface area contributed by atoms with E-state index in [2.05, 4.69) is 4.99 Å². The van der Waals surface area contributed by atoms with Crippen LogP contribution in [0.25, 0.3) is 0 Å². The first-order valence-electron chi connectivity index (χ1n) is 6.63. The lowest BCUT2D eigenvalue weighted by molar-refractivity contribution is -0.135. The van der Waals surface area contributed by atoms with E-state index >= 15 is 0 Å². The van der Waals surface area contributed by atoms with Gasteiger partial charge in [-0.2, -0.15) is 0 Å². The Hall–Kier alpha value is -2.58. The molecule has 1 amide bonds. The largest absolute Gasteiger partial charge is 0.481 e. The van der Waals surface area contributed by atoms with Gasteiger partial charge in [0.05, 0.1) is 0 Å². The molecule has 0 saturated heterocycles. The summed E-state index contributed by atoms with van der Waals surface area (Å²) >= 11 is 0. The van der Waals surface area contributed by atoms with E-state index < -0.39 is 23.5 Å². The van der Waals surface area contributed by atoms with Gasteiger partial charge in [-0.05, 0) is 12.0 Å². The summed E-state index contributed by atoms with van der Waals surface area (Å²) < 4.78 is 0. The number of carbonyl (C=O) groups excluding carboxylic acids is 1. The molecule has 8 heteroatoms. The molecule has 1 aromatic rings. The fourth-order valence-electron chi connectivity index (χ4n) is 0.944. The van der Waals surface area contributed by atoms with E-state index in [0.29, 0.717) is 6.42 Å². The third-order valence-corrected chi connectivity index (χ3v) is 2.11. The molecule has 1 rings (SSSR count). The summed E-state index contributed by atoms with van der Waals surface area (Å²) in [5.74, 6) is -2.17. The molecule has 0 atom stereocenters. The number of hydrogen-bond donors (Lipinski definition) is 4. The average Bonchev–Trinajstić information content (AvgIpc) is 2.44.